The van der Waals surface area contributed by atoms with Gasteiger partial charge in [0.05, 0.1) is 18.9 Å². The normalized spacial score (nSPS) is 29.4. The lowest BCUT2D eigenvalue weighted by Crippen LogP contribution is -2.69. The van der Waals surface area contributed by atoms with Gasteiger partial charge in [-0.3, -0.25) is 0 Å². The number of aliphatic imine (C=N–C) groups is 1. The molecule has 3 unspecified atom stereocenters. The van der Waals surface area contributed by atoms with Crippen molar-refractivity contribution in [2.75, 3.05) is 19.7 Å². The van der Waals surface area contributed by atoms with Crippen molar-refractivity contribution in [3.8, 4) is 0 Å². The summed E-state index contributed by atoms with van der Waals surface area (Å²) in [5.41, 5.74) is 1.40. The van der Waals surface area contributed by atoms with Crippen LogP contribution in [0, 0.1) is 11.3 Å². The molecule has 2 saturated carbocycles. The number of rotatable bonds is 6. The maximum Gasteiger partial charge on any atom is 0.191 e. The first-order chi connectivity index (χ1) is 12.7. The van der Waals surface area contributed by atoms with Crippen LogP contribution in [0.4, 0.5) is 0 Å². The SMILES string of the molecule is C=C(C)CN=C(NCCc1ccco1)NC1C2CCOC2C12CCCC2. The fourth-order valence-electron chi connectivity index (χ4n) is 5.18. The van der Waals surface area contributed by atoms with Gasteiger partial charge in [0.25, 0.3) is 0 Å². The van der Waals surface area contributed by atoms with Gasteiger partial charge in [-0.05, 0) is 38.3 Å². The van der Waals surface area contributed by atoms with Crippen LogP contribution < -0.4 is 10.6 Å². The number of nitrogens with zero attached hydrogens (tertiary/aromatic N) is 1. The second kappa shape index (κ2) is 7.47. The van der Waals surface area contributed by atoms with Crippen LogP contribution in [0.25, 0.3) is 0 Å². The van der Waals surface area contributed by atoms with Crippen molar-refractivity contribution in [1.82, 2.24) is 10.6 Å². The van der Waals surface area contributed by atoms with Crippen LogP contribution >= 0.6 is 0 Å². The molecule has 1 aromatic rings. The molecular formula is C21H31N3O2. The maximum absolute atomic E-state index is 6.10. The minimum Gasteiger partial charge on any atom is -0.469 e. The van der Waals surface area contributed by atoms with E-state index in [1.165, 1.54) is 32.1 Å². The second-order valence-corrected chi connectivity index (χ2v) is 8.18. The molecule has 0 aromatic carbocycles. The topological polar surface area (TPSA) is 58.8 Å². The summed E-state index contributed by atoms with van der Waals surface area (Å²) in [5, 5.41) is 7.28. The van der Waals surface area contributed by atoms with Crippen molar-refractivity contribution in [2.24, 2.45) is 16.3 Å². The minimum absolute atomic E-state index is 0.327. The molecule has 2 N–H and O–H groups in total. The summed E-state index contributed by atoms with van der Waals surface area (Å²) in [6, 6.07) is 4.43. The van der Waals surface area contributed by atoms with Crippen molar-refractivity contribution in [2.45, 2.75) is 57.6 Å². The number of guanidine groups is 1. The molecule has 4 rings (SSSR count). The van der Waals surface area contributed by atoms with Crippen molar-refractivity contribution in [3.05, 3.63) is 36.3 Å². The van der Waals surface area contributed by atoms with E-state index in [1.54, 1.807) is 6.26 Å². The zero-order valence-electron chi connectivity index (χ0n) is 15.8. The first kappa shape index (κ1) is 17.7. The van der Waals surface area contributed by atoms with Crippen LogP contribution in [-0.2, 0) is 11.2 Å². The van der Waals surface area contributed by atoms with Gasteiger partial charge in [0.1, 0.15) is 5.76 Å². The molecule has 5 nitrogen and oxygen atoms in total. The van der Waals surface area contributed by atoms with Crippen molar-refractivity contribution >= 4 is 5.96 Å². The molecule has 1 saturated heterocycles. The third-order valence-electron chi connectivity index (χ3n) is 6.33. The zero-order chi connectivity index (χ0) is 18.0. The number of nitrogens with one attached hydrogen (secondary N) is 2. The van der Waals surface area contributed by atoms with Crippen LogP contribution in [0.15, 0.2) is 40.0 Å². The zero-order valence-corrected chi connectivity index (χ0v) is 15.8. The van der Waals surface area contributed by atoms with Gasteiger partial charge in [0, 0.05) is 36.9 Å². The van der Waals surface area contributed by atoms with Gasteiger partial charge in [-0.2, -0.15) is 0 Å². The predicted octanol–water partition coefficient (Wildman–Crippen LogP) is 3.28. The van der Waals surface area contributed by atoms with E-state index in [0.717, 1.165) is 36.9 Å². The van der Waals surface area contributed by atoms with Crippen LogP contribution in [0.5, 0.6) is 0 Å². The lowest BCUT2D eigenvalue weighted by atomic mass is 9.54. The van der Waals surface area contributed by atoms with E-state index in [1.807, 2.05) is 19.1 Å². The number of furan rings is 1. The Morgan fingerprint density at radius 1 is 1.38 bits per heavy atom. The van der Waals surface area contributed by atoms with Crippen molar-refractivity contribution in [1.29, 1.82) is 0 Å². The summed E-state index contributed by atoms with van der Waals surface area (Å²) in [5.74, 6) is 2.54. The van der Waals surface area contributed by atoms with E-state index < -0.39 is 0 Å². The molecule has 5 heteroatoms. The Labute approximate surface area is 156 Å². The Morgan fingerprint density at radius 2 is 2.23 bits per heavy atom. The molecule has 142 valence electrons. The van der Waals surface area contributed by atoms with Gasteiger partial charge in [-0.15, -0.1) is 0 Å². The summed E-state index contributed by atoms with van der Waals surface area (Å²) in [4.78, 5) is 4.76. The third-order valence-corrected chi connectivity index (χ3v) is 6.33. The highest BCUT2D eigenvalue weighted by Crippen LogP contribution is 2.60. The van der Waals surface area contributed by atoms with Crippen molar-refractivity contribution < 1.29 is 9.15 Å². The summed E-state index contributed by atoms with van der Waals surface area (Å²) in [6.45, 7) is 8.38. The van der Waals surface area contributed by atoms with E-state index >= 15 is 0 Å². The Balaban J connectivity index is 1.41. The molecule has 0 bridgehead atoms. The molecule has 2 heterocycles. The first-order valence-electron chi connectivity index (χ1n) is 10.0. The maximum atomic E-state index is 6.10. The highest BCUT2D eigenvalue weighted by atomic mass is 16.5. The molecule has 1 spiro atoms. The van der Waals surface area contributed by atoms with Gasteiger partial charge in [0.2, 0.25) is 0 Å². The quantitative estimate of drug-likeness (QED) is 0.466. The van der Waals surface area contributed by atoms with E-state index in [9.17, 15) is 0 Å². The highest BCUT2D eigenvalue weighted by molar-refractivity contribution is 5.80. The van der Waals surface area contributed by atoms with Gasteiger partial charge >= 0.3 is 0 Å². The number of fused-ring (bicyclic) bond motifs is 2. The molecule has 3 fully saturated rings. The van der Waals surface area contributed by atoms with E-state index in [2.05, 4.69) is 17.2 Å². The summed E-state index contributed by atoms with van der Waals surface area (Å²) < 4.78 is 11.5. The number of ether oxygens (including phenoxy) is 1. The molecule has 2 aliphatic carbocycles. The monoisotopic (exact) mass is 357 g/mol. The lowest BCUT2D eigenvalue weighted by molar-refractivity contribution is -0.125. The first-order valence-corrected chi connectivity index (χ1v) is 10.0. The fraction of sp³-hybridized carbons (Fsp3) is 0.667. The molecular weight excluding hydrogens is 326 g/mol. The van der Waals surface area contributed by atoms with Gasteiger partial charge < -0.3 is 19.8 Å². The Hall–Kier alpha value is -1.75. The smallest absolute Gasteiger partial charge is 0.191 e. The summed E-state index contributed by atoms with van der Waals surface area (Å²) >= 11 is 0. The summed E-state index contributed by atoms with van der Waals surface area (Å²) in [7, 11) is 0. The van der Waals surface area contributed by atoms with E-state index in [-0.39, 0.29) is 0 Å². The number of hydrogen-bond donors (Lipinski definition) is 2. The molecule has 0 amide bonds. The van der Waals surface area contributed by atoms with Crippen LogP contribution in [-0.4, -0.2) is 37.8 Å². The van der Waals surface area contributed by atoms with Gasteiger partial charge in [0.15, 0.2) is 5.96 Å². The van der Waals surface area contributed by atoms with Gasteiger partial charge in [-0.25, -0.2) is 4.99 Å². The van der Waals surface area contributed by atoms with E-state index in [4.69, 9.17) is 14.1 Å². The third kappa shape index (κ3) is 3.29. The van der Waals surface area contributed by atoms with Crippen LogP contribution in [0.1, 0.15) is 44.8 Å². The van der Waals surface area contributed by atoms with Gasteiger partial charge in [-0.1, -0.05) is 25.0 Å². The Morgan fingerprint density at radius 3 is 2.96 bits per heavy atom. The Bertz CT molecular complexity index is 646. The summed E-state index contributed by atoms with van der Waals surface area (Å²) in [6.07, 6.45) is 9.44. The van der Waals surface area contributed by atoms with Crippen LogP contribution in [0.3, 0.4) is 0 Å². The van der Waals surface area contributed by atoms with Crippen molar-refractivity contribution in [3.63, 3.8) is 0 Å². The Kier molecular flexibility index (Phi) is 5.07. The second-order valence-electron chi connectivity index (χ2n) is 8.18. The molecule has 0 radical (unpaired) electrons. The molecule has 1 aromatic heterocycles. The van der Waals surface area contributed by atoms with Crippen LogP contribution in [0.2, 0.25) is 0 Å². The average Bonchev–Trinajstić information content (AvgIpc) is 3.37. The standard InChI is InChI=1S/C21H31N3O2/c1-15(2)14-23-20(22-11-7-16-6-5-12-25-16)24-18-17-8-13-26-19(17)21(18)9-3-4-10-21/h5-6,12,17-19H,1,3-4,7-11,13-14H2,2H3,(H2,22,23,24). The molecule has 26 heavy (non-hydrogen) atoms. The van der Waals surface area contributed by atoms with E-state index in [0.29, 0.717) is 30.0 Å². The molecule has 3 atom stereocenters. The minimum atomic E-state index is 0.327. The lowest BCUT2D eigenvalue weighted by Gasteiger charge is -2.57. The molecule has 1 aliphatic heterocycles. The highest BCUT2D eigenvalue weighted by Gasteiger charge is 2.65. The largest absolute Gasteiger partial charge is 0.469 e. The predicted molar refractivity (Wildman–Crippen MR) is 103 cm³/mol. The number of hydrogen-bond acceptors (Lipinski definition) is 3. The average molecular weight is 357 g/mol. The molecule has 3 aliphatic rings. The fourth-order valence-corrected chi connectivity index (χ4v) is 5.18.